The first-order valence-corrected chi connectivity index (χ1v) is 12.9. The standard InChI is InChI=1S/C26H24ClN5O2S/c1-15(33)21-23(28)29-26(35-2)30-24(21)31-13-7-12-19(31)20-14-16-8-6-11-18(27)22(16)25(34)32(20)17-9-4-3-5-10-17/h3-6,8-11,14,19H,7,12-13H2,1-2H3,(H2,28,29,30). The Morgan fingerprint density at radius 3 is 2.63 bits per heavy atom. The van der Waals surface area contributed by atoms with Gasteiger partial charge in [0, 0.05) is 17.9 Å². The molecule has 35 heavy (non-hydrogen) atoms. The number of carbonyl (C=O) groups excluding carboxylic acids is 1. The van der Waals surface area contributed by atoms with Gasteiger partial charge in [0.1, 0.15) is 17.2 Å². The van der Waals surface area contributed by atoms with Crippen LogP contribution in [-0.4, -0.2) is 33.1 Å². The predicted octanol–water partition coefficient (Wildman–Crippen LogP) is 5.28. The van der Waals surface area contributed by atoms with E-state index in [2.05, 4.69) is 9.88 Å². The van der Waals surface area contributed by atoms with Crippen molar-refractivity contribution in [2.45, 2.75) is 31.0 Å². The van der Waals surface area contributed by atoms with Crippen LogP contribution in [0.4, 0.5) is 11.6 Å². The lowest BCUT2D eigenvalue weighted by Crippen LogP contribution is -2.32. The number of ketones is 1. The van der Waals surface area contributed by atoms with Crippen LogP contribution >= 0.6 is 23.4 Å². The molecule has 0 saturated carbocycles. The van der Waals surface area contributed by atoms with Gasteiger partial charge < -0.3 is 10.6 Å². The van der Waals surface area contributed by atoms with E-state index in [4.69, 9.17) is 22.3 Å². The Kier molecular flexibility index (Phi) is 6.25. The molecule has 0 amide bonds. The SMILES string of the molecule is CSc1nc(N)c(C(C)=O)c(N2CCCC2c2cc3cccc(Cl)c3c(=O)n2-c2ccccc2)n1. The minimum atomic E-state index is -0.201. The van der Waals surface area contributed by atoms with E-state index in [-0.39, 0.29) is 23.2 Å². The van der Waals surface area contributed by atoms with Gasteiger partial charge in [-0.3, -0.25) is 14.2 Å². The van der Waals surface area contributed by atoms with Gasteiger partial charge in [-0.25, -0.2) is 9.97 Å². The average Bonchev–Trinajstić information content (AvgIpc) is 3.33. The number of hydrogen-bond acceptors (Lipinski definition) is 7. The fourth-order valence-corrected chi connectivity index (χ4v) is 5.47. The molecule has 1 aliphatic heterocycles. The van der Waals surface area contributed by atoms with E-state index in [1.165, 1.54) is 18.7 Å². The quantitative estimate of drug-likeness (QED) is 0.224. The number of halogens is 1. The molecular weight excluding hydrogens is 482 g/mol. The molecule has 2 aromatic carbocycles. The number of hydrogen-bond donors (Lipinski definition) is 1. The normalized spacial score (nSPS) is 15.6. The lowest BCUT2D eigenvalue weighted by molar-refractivity contribution is 0.101. The molecule has 0 spiro atoms. The number of nitrogens with two attached hydrogens (primary N) is 1. The second-order valence-electron chi connectivity index (χ2n) is 8.45. The highest BCUT2D eigenvalue weighted by Crippen LogP contribution is 2.40. The third kappa shape index (κ3) is 4.06. The Morgan fingerprint density at radius 2 is 1.91 bits per heavy atom. The summed E-state index contributed by atoms with van der Waals surface area (Å²) in [5, 5.41) is 2.17. The molecule has 0 bridgehead atoms. The Balaban J connectivity index is 1.78. The molecule has 2 N–H and O–H groups in total. The lowest BCUT2D eigenvalue weighted by Gasteiger charge is -2.30. The minimum absolute atomic E-state index is 0.170. The molecular formula is C26H24ClN5O2S. The predicted molar refractivity (Wildman–Crippen MR) is 142 cm³/mol. The van der Waals surface area contributed by atoms with Gasteiger partial charge >= 0.3 is 0 Å². The second-order valence-corrected chi connectivity index (χ2v) is 9.63. The number of anilines is 2. The first-order valence-electron chi connectivity index (χ1n) is 11.3. The highest BCUT2D eigenvalue weighted by molar-refractivity contribution is 7.98. The summed E-state index contributed by atoms with van der Waals surface area (Å²) in [6, 6.07) is 16.8. The van der Waals surface area contributed by atoms with Gasteiger partial charge in [-0.1, -0.05) is 53.7 Å². The van der Waals surface area contributed by atoms with Gasteiger partial charge in [-0.2, -0.15) is 0 Å². The van der Waals surface area contributed by atoms with Crippen molar-refractivity contribution in [2.24, 2.45) is 0 Å². The van der Waals surface area contributed by atoms with Crippen LogP contribution < -0.4 is 16.2 Å². The maximum Gasteiger partial charge on any atom is 0.264 e. The van der Waals surface area contributed by atoms with Crippen LogP contribution in [0.1, 0.15) is 41.9 Å². The number of nitrogens with zero attached hydrogens (tertiary/aromatic N) is 4. The van der Waals surface area contributed by atoms with E-state index in [1.54, 1.807) is 10.6 Å². The van der Waals surface area contributed by atoms with Crippen LogP contribution in [0.25, 0.3) is 16.5 Å². The minimum Gasteiger partial charge on any atom is -0.383 e. The van der Waals surface area contributed by atoms with Crippen LogP contribution in [0, 0.1) is 0 Å². The molecule has 7 nitrogen and oxygen atoms in total. The van der Waals surface area contributed by atoms with Crippen molar-refractivity contribution in [3.8, 4) is 5.69 Å². The van der Waals surface area contributed by atoms with E-state index < -0.39 is 0 Å². The molecule has 4 aromatic rings. The van der Waals surface area contributed by atoms with Gasteiger partial charge in [0.2, 0.25) is 0 Å². The molecule has 3 heterocycles. The summed E-state index contributed by atoms with van der Waals surface area (Å²) in [4.78, 5) is 37.5. The highest BCUT2D eigenvalue weighted by atomic mass is 35.5. The van der Waals surface area contributed by atoms with Gasteiger partial charge in [0.25, 0.3) is 5.56 Å². The molecule has 9 heteroatoms. The summed E-state index contributed by atoms with van der Waals surface area (Å²) in [7, 11) is 0. The largest absolute Gasteiger partial charge is 0.383 e. The third-order valence-electron chi connectivity index (χ3n) is 6.34. The van der Waals surface area contributed by atoms with Crippen molar-refractivity contribution < 1.29 is 4.79 Å². The van der Waals surface area contributed by atoms with E-state index in [1.807, 2.05) is 54.8 Å². The number of pyridine rings is 1. The van der Waals surface area contributed by atoms with Crippen LogP contribution in [0.15, 0.2) is 64.5 Å². The van der Waals surface area contributed by atoms with Crippen molar-refractivity contribution in [1.82, 2.24) is 14.5 Å². The average molecular weight is 506 g/mol. The topological polar surface area (TPSA) is 94.1 Å². The second kappa shape index (κ2) is 9.36. The van der Waals surface area contributed by atoms with E-state index in [9.17, 15) is 9.59 Å². The number of benzene rings is 2. The summed E-state index contributed by atoms with van der Waals surface area (Å²) >= 11 is 7.84. The number of fused-ring (bicyclic) bond motifs is 1. The lowest BCUT2D eigenvalue weighted by atomic mass is 10.0. The van der Waals surface area contributed by atoms with Crippen LogP contribution in [-0.2, 0) is 0 Å². The summed E-state index contributed by atoms with van der Waals surface area (Å²) in [5.41, 5.74) is 7.90. The monoisotopic (exact) mass is 505 g/mol. The smallest absolute Gasteiger partial charge is 0.264 e. The van der Waals surface area contributed by atoms with Gasteiger partial charge in [0.15, 0.2) is 10.9 Å². The third-order valence-corrected chi connectivity index (χ3v) is 7.20. The van der Waals surface area contributed by atoms with Crippen LogP contribution in [0.2, 0.25) is 5.02 Å². The van der Waals surface area contributed by atoms with E-state index in [0.29, 0.717) is 33.5 Å². The van der Waals surface area contributed by atoms with E-state index >= 15 is 0 Å². The number of Topliss-reactive ketones (excluding diaryl/α,β-unsaturated/α-hetero) is 1. The van der Waals surface area contributed by atoms with Gasteiger partial charge in [0.05, 0.1) is 16.5 Å². The Hall–Kier alpha value is -3.36. The van der Waals surface area contributed by atoms with Crippen molar-refractivity contribution in [3.05, 3.63) is 81.2 Å². The Morgan fingerprint density at radius 1 is 1.14 bits per heavy atom. The molecule has 1 unspecified atom stereocenters. The number of aromatic nitrogens is 3. The van der Waals surface area contributed by atoms with Crippen molar-refractivity contribution in [2.75, 3.05) is 23.4 Å². The van der Waals surface area contributed by atoms with Crippen LogP contribution in [0.5, 0.6) is 0 Å². The molecule has 1 aliphatic rings. The molecule has 1 saturated heterocycles. The zero-order valence-corrected chi connectivity index (χ0v) is 20.9. The number of para-hydroxylation sites is 1. The van der Waals surface area contributed by atoms with E-state index in [0.717, 1.165) is 29.6 Å². The summed E-state index contributed by atoms with van der Waals surface area (Å²) in [6.07, 6.45) is 3.53. The summed E-state index contributed by atoms with van der Waals surface area (Å²) in [5.74, 6) is 0.486. The first kappa shape index (κ1) is 23.4. The molecule has 178 valence electrons. The summed E-state index contributed by atoms with van der Waals surface area (Å²) < 4.78 is 1.73. The Bertz CT molecular complexity index is 1510. The van der Waals surface area contributed by atoms with Crippen molar-refractivity contribution in [3.63, 3.8) is 0 Å². The molecule has 0 aliphatic carbocycles. The van der Waals surface area contributed by atoms with Gasteiger partial charge in [-0.15, -0.1) is 0 Å². The zero-order chi connectivity index (χ0) is 24.7. The van der Waals surface area contributed by atoms with Gasteiger partial charge in [-0.05, 0) is 55.7 Å². The van der Waals surface area contributed by atoms with Crippen LogP contribution in [0.3, 0.4) is 0 Å². The number of nitrogen functional groups attached to an aromatic ring is 1. The molecule has 1 atom stereocenters. The van der Waals surface area contributed by atoms with Crippen molar-refractivity contribution in [1.29, 1.82) is 0 Å². The highest BCUT2D eigenvalue weighted by Gasteiger charge is 2.34. The number of thioether (sulfide) groups is 1. The molecule has 2 aromatic heterocycles. The number of rotatable bonds is 5. The molecule has 0 radical (unpaired) electrons. The zero-order valence-electron chi connectivity index (χ0n) is 19.4. The maximum atomic E-state index is 13.9. The molecule has 5 rings (SSSR count). The maximum absolute atomic E-state index is 13.9. The fraction of sp³-hybridized carbons (Fsp3) is 0.231. The molecule has 1 fully saturated rings. The summed E-state index contributed by atoms with van der Waals surface area (Å²) in [6.45, 7) is 2.14. The first-order chi connectivity index (χ1) is 16.9. The fourth-order valence-electron chi connectivity index (χ4n) is 4.84. The number of carbonyl (C=O) groups is 1. The van der Waals surface area contributed by atoms with Crippen molar-refractivity contribution >= 4 is 51.6 Å². The Labute approximate surface area is 211 Å².